The van der Waals surface area contributed by atoms with Gasteiger partial charge in [-0.05, 0) is 36.2 Å². The summed E-state index contributed by atoms with van der Waals surface area (Å²) in [5.41, 5.74) is 2.80. The van der Waals surface area contributed by atoms with E-state index in [0.29, 0.717) is 16.2 Å². The summed E-state index contributed by atoms with van der Waals surface area (Å²) in [4.78, 5) is 19.1. The molecule has 6 nitrogen and oxygen atoms in total. The van der Waals surface area contributed by atoms with Gasteiger partial charge >= 0.3 is 0 Å². The molecule has 0 N–H and O–H groups in total. The number of amides is 1. The molecule has 1 amide bonds. The molecule has 2 aliphatic rings. The number of thioether (sulfide) groups is 2. The van der Waals surface area contributed by atoms with Gasteiger partial charge in [-0.2, -0.15) is 11.8 Å². The van der Waals surface area contributed by atoms with Gasteiger partial charge in [-0.3, -0.25) is 4.79 Å². The number of oxazole rings is 1. The fourth-order valence-corrected chi connectivity index (χ4v) is 5.49. The highest BCUT2D eigenvalue weighted by Gasteiger charge is 2.24. The smallest absolute Gasteiger partial charge is 0.257 e. The van der Waals surface area contributed by atoms with E-state index in [0.717, 1.165) is 47.9 Å². The number of fused-ring (bicyclic) bond motifs is 2. The lowest BCUT2D eigenvalue weighted by molar-refractivity contribution is -0.128. The SMILES string of the molecule is O=C(CSc1nc2ccccc2o1)N1CCSC(c2ccc3c(c2)OCO3)CC1. The lowest BCUT2D eigenvalue weighted by atomic mass is 10.1. The van der Waals surface area contributed by atoms with E-state index in [4.69, 9.17) is 13.9 Å². The second-order valence-electron chi connectivity index (χ2n) is 6.88. The number of carbonyl (C=O) groups is 1. The number of para-hydroxylation sites is 2. The molecule has 0 spiro atoms. The summed E-state index contributed by atoms with van der Waals surface area (Å²) in [5, 5.41) is 0.897. The Morgan fingerprint density at radius 3 is 3.00 bits per heavy atom. The molecule has 8 heteroatoms. The average molecular weight is 429 g/mol. The zero-order valence-electron chi connectivity index (χ0n) is 15.7. The van der Waals surface area contributed by atoms with Crippen LogP contribution >= 0.6 is 23.5 Å². The van der Waals surface area contributed by atoms with Crippen LogP contribution < -0.4 is 9.47 Å². The molecule has 0 radical (unpaired) electrons. The van der Waals surface area contributed by atoms with Crippen molar-refractivity contribution in [1.82, 2.24) is 9.88 Å². The van der Waals surface area contributed by atoms with Crippen LogP contribution in [0.4, 0.5) is 0 Å². The van der Waals surface area contributed by atoms with E-state index in [9.17, 15) is 4.79 Å². The fraction of sp³-hybridized carbons (Fsp3) is 0.333. The van der Waals surface area contributed by atoms with Crippen LogP contribution in [0, 0.1) is 0 Å². The van der Waals surface area contributed by atoms with Gasteiger partial charge in [-0.1, -0.05) is 30.0 Å². The normalized spacial score (nSPS) is 18.8. The third-order valence-electron chi connectivity index (χ3n) is 5.06. The van der Waals surface area contributed by atoms with E-state index in [1.54, 1.807) is 0 Å². The molecule has 29 heavy (non-hydrogen) atoms. The molecule has 3 heterocycles. The summed E-state index contributed by atoms with van der Waals surface area (Å²) < 4.78 is 16.6. The van der Waals surface area contributed by atoms with Crippen LogP contribution in [-0.2, 0) is 4.79 Å². The van der Waals surface area contributed by atoms with Gasteiger partial charge in [0.1, 0.15) is 5.52 Å². The molecule has 150 valence electrons. The van der Waals surface area contributed by atoms with Gasteiger partial charge < -0.3 is 18.8 Å². The maximum Gasteiger partial charge on any atom is 0.257 e. The van der Waals surface area contributed by atoms with E-state index < -0.39 is 0 Å². The van der Waals surface area contributed by atoms with Crippen molar-refractivity contribution in [3.05, 3.63) is 48.0 Å². The number of nitrogens with zero attached hydrogens (tertiary/aromatic N) is 2. The van der Waals surface area contributed by atoms with Crippen LogP contribution in [0.3, 0.4) is 0 Å². The highest BCUT2D eigenvalue weighted by molar-refractivity contribution is 7.99. The van der Waals surface area contributed by atoms with Crippen LogP contribution in [0.15, 0.2) is 52.1 Å². The molecule has 5 rings (SSSR count). The van der Waals surface area contributed by atoms with Gasteiger partial charge in [0.25, 0.3) is 5.22 Å². The van der Waals surface area contributed by atoms with Crippen molar-refractivity contribution in [2.24, 2.45) is 0 Å². The lowest BCUT2D eigenvalue weighted by Gasteiger charge is -2.20. The van der Waals surface area contributed by atoms with E-state index in [2.05, 4.69) is 17.1 Å². The molecule has 1 aromatic heterocycles. The minimum absolute atomic E-state index is 0.129. The van der Waals surface area contributed by atoms with Gasteiger partial charge in [-0.15, -0.1) is 0 Å². The molecule has 1 saturated heterocycles. The molecular formula is C21H20N2O4S2. The molecule has 1 unspecified atom stereocenters. The predicted molar refractivity (Wildman–Crippen MR) is 114 cm³/mol. The van der Waals surface area contributed by atoms with Crippen molar-refractivity contribution in [2.75, 3.05) is 31.4 Å². The first-order valence-electron chi connectivity index (χ1n) is 9.53. The minimum Gasteiger partial charge on any atom is -0.454 e. The largest absolute Gasteiger partial charge is 0.454 e. The van der Waals surface area contributed by atoms with Crippen LogP contribution in [-0.4, -0.2) is 47.2 Å². The first-order chi connectivity index (χ1) is 14.3. The predicted octanol–water partition coefficient (Wildman–Crippen LogP) is 4.36. The zero-order valence-corrected chi connectivity index (χ0v) is 17.3. The Morgan fingerprint density at radius 2 is 2.07 bits per heavy atom. The Kier molecular flexibility index (Phi) is 5.28. The maximum absolute atomic E-state index is 12.7. The van der Waals surface area contributed by atoms with Gasteiger partial charge in [0.15, 0.2) is 17.1 Å². The topological polar surface area (TPSA) is 64.8 Å². The van der Waals surface area contributed by atoms with Gasteiger partial charge in [0, 0.05) is 24.1 Å². The number of aromatic nitrogens is 1. The lowest BCUT2D eigenvalue weighted by Crippen LogP contribution is -2.34. The van der Waals surface area contributed by atoms with Crippen molar-refractivity contribution in [3.63, 3.8) is 0 Å². The zero-order chi connectivity index (χ0) is 19.6. The minimum atomic E-state index is 0.129. The van der Waals surface area contributed by atoms with E-state index in [1.807, 2.05) is 47.0 Å². The quantitative estimate of drug-likeness (QED) is 0.572. The Bertz CT molecular complexity index is 1010. The summed E-state index contributed by atoms with van der Waals surface area (Å²) in [6.07, 6.45) is 0.920. The molecular weight excluding hydrogens is 408 g/mol. The summed E-state index contributed by atoms with van der Waals surface area (Å²) in [5.74, 6) is 3.00. The monoisotopic (exact) mass is 428 g/mol. The number of rotatable bonds is 4. The Morgan fingerprint density at radius 1 is 1.17 bits per heavy atom. The molecule has 1 fully saturated rings. The fourth-order valence-electron chi connectivity index (χ4n) is 3.53. The Hall–Kier alpha value is -2.32. The van der Waals surface area contributed by atoms with Crippen molar-refractivity contribution in [3.8, 4) is 11.5 Å². The third-order valence-corrected chi connectivity index (χ3v) is 7.20. The van der Waals surface area contributed by atoms with Crippen LogP contribution in [0.2, 0.25) is 0 Å². The molecule has 0 aliphatic carbocycles. The molecule has 3 aromatic rings. The second kappa shape index (κ2) is 8.20. The standard InChI is InChI=1S/C21H20N2O4S2/c24-20(12-29-21-22-15-3-1-2-4-16(15)27-21)23-8-7-19(28-10-9-23)14-5-6-17-18(11-14)26-13-25-17/h1-6,11,19H,7-10,12-13H2. The van der Waals surface area contributed by atoms with Crippen molar-refractivity contribution in [2.45, 2.75) is 16.9 Å². The maximum atomic E-state index is 12.7. The molecule has 1 atom stereocenters. The first kappa shape index (κ1) is 18.7. The van der Waals surface area contributed by atoms with Gasteiger partial charge in [-0.25, -0.2) is 4.98 Å². The molecule has 0 bridgehead atoms. The number of hydrogen-bond acceptors (Lipinski definition) is 7. The number of hydrogen-bond donors (Lipinski definition) is 0. The summed E-state index contributed by atoms with van der Waals surface area (Å²) >= 11 is 3.25. The number of ether oxygens (including phenoxy) is 2. The molecule has 2 aromatic carbocycles. The Labute approximate surface area is 176 Å². The third kappa shape index (κ3) is 4.04. The summed E-state index contributed by atoms with van der Waals surface area (Å²) in [6.45, 7) is 1.80. The number of benzene rings is 2. The second-order valence-corrected chi connectivity index (χ2v) is 9.11. The van der Waals surface area contributed by atoms with Crippen LogP contribution in [0.5, 0.6) is 11.5 Å². The average Bonchev–Trinajstić information content (AvgIpc) is 3.31. The highest BCUT2D eigenvalue weighted by Crippen LogP contribution is 2.40. The van der Waals surface area contributed by atoms with Crippen molar-refractivity contribution < 1.29 is 18.7 Å². The highest BCUT2D eigenvalue weighted by atomic mass is 32.2. The van der Waals surface area contributed by atoms with Crippen molar-refractivity contribution >= 4 is 40.5 Å². The van der Waals surface area contributed by atoms with Gasteiger partial charge in [0.2, 0.25) is 12.7 Å². The summed E-state index contributed by atoms with van der Waals surface area (Å²) in [6, 6.07) is 13.8. The summed E-state index contributed by atoms with van der Waals surface area (Å²) in [7, 11) is 0. The Balaban J connectivity index is 1.18. The van der Waals surface area contributed by atoms with E-state index >= 15 is 0 Å². The van der Waals surface area contributed by atoms with Gasteiger partial charge in [0.05, 0.1) is 5.75 Å². The number of carbonyl (C=O) groups excluding carboxylic acids is 1. The molecule has 2 aliphatic heterocycles. The van der Waals surface area contributed by atoms with E-state index in [-0.39, 0.29) is 12.7 Å². The molecule has 0 saturated carbocycles. The first-order valence-corrected chi connectivity index (χ1v) is 11.6. The van der Waals surface area contributed by atoms with Crippen LogP contribution in [0.25, 0.3) is 11.1 Å². The van der Waals surface area contributed by atoms with Crippen molar-refractivity contribution in [1.29, 1.82) is 0 Å². The van der Waals surface area contributed by atoms with Crippen LogP contribution in [0.1, 0.15) is 17.2 Å². The van der Waals surface area contributed by atoms with E-state index in [1.165, 1.54) is 17.3 Å².